The van der Waals surface area contributed by atoms with Crippen LogP contribution in [-0.4, -0.2) is 22.5 Å². The molecule has 0 N–H and O–H groups in total. The Hall–Kier alpha value is -1.19. The number of alkyl halides is 2. The van der Waals surface area contributed by atoms with Gasteiger partial charge in [0.05, 0.1) is 6.61 Å². The molecule has 24 heavy (non-hydrogen) atoms. The Morgan fingerprint density at radius 2 is 1.92 bits per heavy atom. The summed E-state index contributed by atoms with van der Waals surface area (Å²) in [6.07, 6.45) is 6.51. The molecule has 1 aromatic rings. The van der Waals surface area contributed by atoms with Crippen molar-refractivity contribution in [1.29, 1.82) is 0 Å². The van der Waals surface area contributed by atoms with Crippen LogP contribution in [0.3, 0.4) is 0 Å². The maximum absolute atomic E-state index is 12.2. The number of halogens is 2. The Bertz CT molecular complexity index is 591. The van der Waals surface area contributed by atoms with Gasteiger partial charge in [-0.05, 0) is 50.8 Å². The van der Waals surface area contributed by atoms with Gasteiger partial charge in [-0.1, -0.05) is 31.2 Å². The van der Waals surface area contributed by atoms with E-state index < -0.39 is 9.93 Å². The van der Waals surface area contributed by atoms with Crippen molar-refractivity contribution in [3.8, 4) is 5.75 Å². The zero-order chi connectivity index (χ0) is 17.8. The zero-order valence-corrected chi connectivity index (χ0v) is 15.9. The largest absolute Gasteiger partial charge is 0.476 e. The molecular weight excluding hydrogens is 347 g/mol. The van der Waals surface area contributed by atoms with Crippen molar-refractivity contribution in [1.82, 2.24) is 0 Å². The van der Waals surface area contributed by atoms with Crippen molar-refractivity contribution in [2.45, 2.75) is 55.9 Å². The minimum atomic E-state index is -1.04. The van der Waals surface area contributed by atoms with E-state index in [0.29, 0.717) is 18.8 Å². The number of benzene rings is 1. The zero-order valence-electron chi connectivity index (χ0n) is 14.4. The Labute approximate surface area is 153 Å². The average molecular weight is 371 g/mol. The molecule has 1 saturated carbocycles. The highest BCUT2D eigenvalue weighted by Gasteiger charge is 2.52. The normalized spacial score (nSPS) is 19.3. The minimum Gasteiger partial charge on any atom is -0.476 e. The summed E-state index contributed by atoms with van der Waals surface area (Å²) in [5.74, 6) is 0.408. The molecule has 0 radical (unpaired) electrons. The van der Waals surface area contributed by atoms with Crippen LogP contribution in [0.5, 0.6) is 5.75 Å². The fourth-order valence-corrected chi connectivity index (χ4v) is 2.92. The summed E-state index contributed by atoms with van der Waals surface area (Å²) in [6.45, 7) is 5.83. The van der Waals surface area contributed by atoms with E-state index in [1.807, 2.05) is 36.4 Å². The summed E-state index contributed by atoms with van der Waals surface area (Å²) >= 11 is 12.2. The summed E-state index contributed by atoms with van der Waals surface area (Å²) in [5, 5.41) is 0. The van der Waals surface area contributed by atoms with Crippen LogP contribution in [0.15, 0.2) is 36.4 Å². The number of allylic oxidation sites excluding steroid dienone is 1. The van der Waals surface area contributed by atoms with Crippen LogP contribution < -0.4 is 4.74 Å². The van der Waals surface area contributed by atoms with Crippen LogP contribution in [0.4, 0.5) is 0 Å². The second kappa shape index (κ2) is 7.79. The van der Waals surface area contributed by atoms with Crippen LogP contribution in [0.2, 0.25) is 0 Å². The first-order valence-corrected chi connectivity index (χ1v) is 9.01. The molecule has 132 valence electrons. The van der Waals surface area contributed by atoms with Crippen molar-refractivity contribution in [2.24, 2.45) is 0 Å². The monoisotopic (exact) mass is 370 g/mol. The standard InChI is InChI=1S/C19H24Cl2O3/c1-4-5-6-7-12-23-17(22)18(2,3)24-15-10-8-14(9-11-15)16-13-19(16,20)21/h5-6,8-11,16H,4,7,12-13H2,1-3H3/b6-5-. The first kappa shape index (κ1) is 19.1. The van der Waals surface area contributed by atoms with Gasteiger partial charge in [0.15, 0.2) is 5.60 Å². The topological polar surface area (TPSA) is 35.5 Å². The third kappa shape index (κ3) is 5.15. The van der Waals surface area contributed by atoms with E-state index in [1.165, 1.54) is 0 Å². The van der Waals surface area contributed by atoms with Gasteiger partial charge in [-0.25, -0.2) is 4.79 Å². The van der Waals surface area contributed by atoms with E-state index in [1.54, 1.807) is 13.8 Å². The summed E-state index contributed by atoms with van der Waals surface area (Å²) in [6, 6.07) is 7.53. The predicted molar refractivity (Wildman–Crippen MR) is 98.0 cm³/mol. The molecule has 5 heteroatoms. The molecule has 1 atom stereocenters. The van der Waals surface area contributed by atoms with Crippen LogP contribution >= 0.6 is 23.2 Å². The van der Waals surface area contributed by atoms with Gasteiger partial charge >= 0.3 is 5.97 Å². The van der Waals surface area contributed by atoms with Gasteiger partial charge in [-0.2, -0.15) is 0 Å². The SMILES string of the molecule is CC/C=C\CCOC(=O)C(C)(C)Oc1ccc(C2CC2(Cl)Cl)cc1. The lowest BCUT2D eigenvalue weighted by atomic mass is 10.1. The molecular formula is C19H24Cl2O3. The molecule has 0 aliphatic heterocycles. The molecule has 1 aliphatic carbocycles. The number of rotatable bonds is 8. The van der Waals surface area contributed by atoms with E-state index in [0.717, 1.165) is 18.4 Å². The second-order valence-electron chi connectivity index (χ2n) is 6.50. The van der Waals surface area contributed by atoms with Crippen molar-refractivity contribution < 1.29 is 14.3 Å². The van der Waals surface area contributed by atoms with Crippen molar-refractivity contribution >= 4 is 29.2 Å². The quantitative estimate of drug-likeness (QED) is 0.265. The van der Waals surface area contributed by atoms with Crippen LogP contribution in [0.1, 0.15) is 51.5 Å². The smallest absolute Gasteiger partial charge is 0.349 e. The maximum Gasteiger partial charge on any atom is 0.349 e. The number of esters is 1. The lowest BCUT2D eigenvalue weighted by Gasteiger charge is -2.24. The van der Waals surface area contributed by atoms with Gasteiger partial charge in [0.2, 0.25) is 0 Å². The average Bonchev–Trinajstić information content (AvgIpc) is 3.16. The fourth-order valence-electron chi connectivity index (χ4n) is 2.36. The van der Waals surface area contributed by atoms with Crippen molar-refractivity contribution in [3.63, 3.8) is 0 Å². The molecule has 1 aliphatic rings. The molecule has 0 bridgehead atoms. The molecule has 1 aromatic carbocycles. The summed E-state index contributed by atoms with van der Waals surface area (Å²) in [7, 11) is 0. The third-order valence-electron chi connectivity index (χ3n) is 3.89. The number of carbonyl (C=O) groups excluding carboxylic acids is 1. The summed E-state index contributed by atoms with van der Waals surface area (Å²) in [4.78, 5) is 12.2. The highest BCUT2D eigenvalue weighted by atomic mass is 35.5. The molecule has 3 nitrogen and oxygen atoms in total. The Kier molecular flexibility index (Phi) is 6.22. The van der Waals surface area contributed by atoms with Crippen molar-refractivity contribution in [3.05, 3.63) is 42.0 Å². The van der Waals surface area contributed by atoms with E-state index >= 15 is 0 Å². The van der Waals surface area contributed by atoms with E-state index in [4.69, 9.17) is 32.7 Å². The molecule has 0 saturated heterocycles. The fraction of sp³-hybridized carbons (Fsp3) is 0.526. The Balaban J connectivity index is 1.86. The first-order valence-electron chi connectivity index (χ1n) is 8.25. The lowest BCUT2D eigenvalue weighted by Crippen LogP contribution is -2.39. The van der Waals surface area contributed by atoms with Crippen LogP contribution in [0, 0.1) is 0 Å². The molecule has 1 fully saturated rings. The number of hydrogen-bond donors (Lipinski definition) is 0. The Morgan fingerprint density at radius 3 is 2.46 bits per heavy atom. The van der Waals surface area contributed by atoms with Gasteiger partial charge in [-0.15, -0.1) is 23.2 Å². The summed E-state index contributed by atoms with van der Waals surface area (Å²) < 4.78 is 10.4. The lowest BCUT2D eigenvalue weighted by molar-refractivity contribution is -0.159. The predicted octanol–water partition coefficient (Wildman–Crippen LogP) is 5.40. The molecule has 0 spiro atoms. The van der Waals surface area contributed by atoms with E-state index in [2.05, 4.69) is 6.92 Å². The minimum absolute atomic E-state index is 0.170. The summed E-state index contributed by atoms with van der Waals surface area (Å²) in [5.41, 5.74) is 0.0358. The van der Waals surface area contributed by atoms with Crippen molar-refractivity contribution in [2.75, 3.05) is 6.61 Å². The van der Waals surface area contributed by atoms with Gasteiger partial charge in [0, 0.05) is 5.92 Å². The molecule has 0 heterocycles. The van der Waals surface area contributed by atoms with E-state index in [-0.39, 0.29) is 11.9 Å². The van der Waals surface area contributed by atoms with Gasteiger partial charge in [0.25, 0.3) is 0 Å². The molecule has 2 rings (SSSR count). The van der Waals surface area contributed by atoms with Crippen LogP contribution in [-0.2, 0) is 9.53 Å². The molecule has 0 amide bonds. The highest BCUT2D eigenvalue weighted by Crippen LogP contribution is 2.59. The second-order valence-corrected chi connectivity index (χ2v) is 8.05. The highest BCUT2D eigenvalue weighted by molar-refractivity contribution is 6.51. The number of ether oxygens (including phenoxy) is 2. The van der Waals surface area contributed by atoms with Gasteiger partial charge in [0.1, 0.15) is 10.1 Å². The van der Waals surface area contributed by atoms with E-state index in [9.17, 15) is 4.79 Å². The van der Waals surface area contributed by atoms with Crippen LogP contribution in [0.25, 0.3) is 0 Å². The first-order chi connectivity index (χ1) is 11.3. The number of hydrogen-bond acceptors (Lipinski definition) is 3. The molecule has 0 aromatic heterocycles. The van der Waals surface area contributed by atoms with Gasteiger partial charge < -0.3 is 9.47 Å². The third-order valence-corrected chi connectivity index (χ3v) is 4.73. The maximum atomic E-state index is 12.2. The number of carbonyl (C=O) groups is 1. The Morgan fingerprint density at radius 1 is 1.29 bits per heavy atom. The van der Waals surface area contributed by atoms with Gasteiger partial charge in [-0.3, -0.25) is 0 Å². The molecule has 1 unspecified atom stereocenters.